The van der Waals surface area contributed by atoms with Gasteiger partial charge in [-0.05, 0) is 56.4 Å². The van der Waals surface area contributed by atoms with Gasteiger partial charge in [0.2, 0.25) is 0 Å². The van der Waals surface area contributed by atoms with E-state index in [2.05, 4.69) is 35.1 Å². The van der Waals surface area contributed by atoms with Crippen molar-refractivity contribution in [1.82, 2.24) is 0 Å². The topological polar surface area (TPSA) is 38.3 Å². The van der Waals surface area contributed by atoms with E-state index in [0.717, 1.165) is 20.9 Å². The van der Waals surface area contributed by atoms with Gasteiger partial charge in [0.25, 0.3) is 5.91 Å². The quantitative estimate of drug-likeness (QED) is 0.587. The molecule has 1 N–H and O–H groups in total. The van der Waals surface area contributed by atoms with Crippen molar-refractivity contribution in [2.75, 3.05) is 12.4 Å². The first-order valence-corrected chi connectivity index (χ1v) is 8.97. The number of carbonyl (C=O) groups is 1. The molecule has 0 bridgehead atoms. The van der Waals surface area contributed by atoms with Crippen molar-refractivity contribution >= 4 is 38.3 Å². The second-order valence-electron chi connectivity index (χ2n) is 6.22. The van der Waals surface area contributed by atoms with Crippen LogP contribution in [0.1, 0.15) is 35.7 Å². The van der Waals surface area contributed by atoms with Crippen molar-refractivity contribution in [3.8, 4) is 5.75 Å². The molecule has 0 unspecified atom stereocenters. The van der Waals surface area contributed by atoms with Crippen LogP contribution in [0.3, 0.4) is 0 Å². The number of amides is 1. The zero-order chi connectivity index (χ0) is 18.0. The Labute approximate surface area is 156 Å². The van der Waals surface area contributed by atoms with Gasteiger partial charge in [0.1, 0.15) is 5.75 Å². The van der Waals surface area contributed by atoms with Crippen molar-refractivity contribution < 1.29 is 9.53 Å². The van der Waals surface area contributed by atoms with E-state index in [1.807, 2.05) is 54.6 Å². The minimum absolute atomic E-state index is 0.194. The maximum atomic E-state index is 12.8. The lowest BCUT2D eigenvalue weighted by atomic mass is 10.0. The Morgan fingerprint density at radius 3 is 2.40 bits per heavy atom. The van der Waals surface area contributed by atoms with Crippen LogP contribution in [-0.4, -0.2) is 13.0 Å². The molecule has 1 amide bonds. The van der Waals surface area contributed by atoms with Crippen molar-refractivity contribution in [2.45, 2.75) is 19.8 Å². The van der Waals surface area contributed by atoms with Gasteiger partial charge in [0.05, 0.1) is 17.1 Å². The van der Waals surface area contributed by atoms with E-state index < -0.39 is 0 Å². The van der Waals surface area contributed by atoms with Crippen LogP contribution in [0, 0.1) is 0 Å². The summed E-state index contributed by atoms with van der Waals surface area (Å²) in [5.74, 6) is 0.803. The zero-order valence-electron chi connectivity index (χ0n) is 14.5. The molecule has 0 aliphatic heterocycles. The Morgan fingerprint density at radius 2 is 1.76 bits per heavy atom. The van der Waals surface area contributed by atoms with Crippen LogP contribution in [0.2, 0.25) is 0 Å². The summed E-state index contributed by atoms with van der Waals surface area (Å²) in [6.07, 6.45) is 0. The first kappa shape index (κ1) is 17.5. The molecule has 3 nitrogen and oxygen atoms in total. The maximum Gasteiger partial charge on any atom is 0.259 e. The minimum Gasteiger partial charge on any atom is -0.495 e. The molecule has 3 rings (SSSR count). The predicted octanol–water partition coefficient (Wildman–Crippen LogP) is 5.99. The van der Waals surface area contributed by atoms with Crippen LogP contribution in [0.5, 0.6) is 5.75 Å². The van der Waals surface area contributed by atoms with E-state index in [4.69, 9.17) is 4.74 Å². The van der Waals surface area contributed by atoms with Gasteiger partial charge in [-0.25, -0.2) is 0 Å². The third-order valence-electron chi connectivity index (χ3n) is 4.23. The van der Waals surface area contributed by atoms with E-state index in [-0.39, 0.29) is 5.91 Å². The zero-order valence-corrected chi connectivity index (χ0v) is 16.1. The van der Waals surface area contributed by atoms with Crippen LogP contribution >= 0.6 is 15.9 Å². The lowest BCUT2D eigenvalue weighted by Gasteiger charge is -2.14. The van der Waals surface area contributed by atoms with Gasteiger partial charge >= 0.3 is 0 Å². The number of carbonyl (C=O) groups excluding carboxylic acids is 1. The molecule has 0 saturated carbocycles. The Balaban J connectivity index is 1.96. The number of hydrogen-bond acceptors (Lipinski definition) is 2. The third kappa shape index (κ3) is 3.54. The second kappa shape index (κ2) is 7.28. The smallest absolute Gasteiger partial charge is 0.259 e. The van der Waals surface area contributed by atoms with Crippen LogP contribution in [0.4, 0.5) is 5.69 Å². The highest BCUT2D eigenvalue weighted by atomic mass is 79.9. The summed E-state index contributed by atoms with van der Waals surface area (Å²) in [6.45, 7) is 4.29. The predicted molar refractivity (Wildman–Crippen MR) is 107 cm³/mol. The van der Waals surface area contributed by atoms with E-state index in [9.17, 15) is 4.79 Å². The lowest BCUT2D eigenvalue weighted by Crippen LogP contribution is -2.13. The molecule has 3 aromatic rings. The number of halogens is 1. The fourth-order valence-corrected chi connectivity index (χ4v) is 3.54. The summed E-state index contributed by atoms with van der Waals surface area (Å²) < 4.78 is 6.27. The van der Waals surface area contributed by atoms with Crippen LogP contribution in [0.15, 0.2) is 59.1 Å². The molecule has 0 heterocycles. The molecule has 0 aromatic heterocycles. The van der Waals surface area contributed by atoms with Crippen LogP contribution < -0.4 is 10.1 Å². The monoisotopic (exact) mass is 397 g/mol. The molecule has 0 aliphatic carbocycles. The lowest BCUT2D eigenvalue weighted by molar-refractivity contribution is 0.102. The Kier molecular flexibility index (Phi) is 5.09. The normalized spacial score (nSPS) is 10.9. The number of nitrogens with one attached hydrogen (secondary N) is 1. The number of ether oxygens (including phenoxy) is 1. The summed E-state index contributed by atoms with van der Waals surface area (Å²) in [4.78, 5) is 12.8. The van der Waals surface area contributed by atoms with Crippen molar-refractivity contribution in [2.24, 2.45) is 0 Å². The second-order valence-corrected chi connectivity index (χ2v) is 7.02. The molecule has 128 valence electrons. The molecule has 0 fully saturated rings. The number of benzene rings is 3. The number of hydrogen-bond donors (Lipinski definition) is 1. The molecule has 0 spiro atoms. The number of rotatable bonds is 4. The van der Waals surface area contributed by atoms with Gasteiger partial charge in [0.15, 0.2) is 0 Å². The number of fused-ring (bicyclic) bond motifs is 1. The van der Waals surface area contributed by atoms with Gasteiger partial charge in [0, 0.05) is 5.69 Å². The van der Waals surface area contributed by atoms with Crippen molar-refractivity contribution in [1.29, 1.82) is 0 Å². The van der Waals surface area contributed by atoms with Crippen LogP contribution in [-0.2, 0) is 0 Å². The van der Waals surface area contributed by atoms with Gasteiger partial charge in [-0.3, -0.25) is 4.79 Å². The molecule has 0 atom stereocenters. The third-order valence-corrected chi connectivity index (χ3v) is 5.01. The standard InChI is InChI=1S/C21H20BrNO2/c1-13(2)14-8-10-16(11-9-14)23-21(24)18-12-15-6-4-5-7-17(15)19(22)20(18)25-3/h4-13H,1-3H3,(H,23,24). The van der Waals surface area contributed by atoms with Gasteiger partial charge < -0.3 is 10.1 Å². The molecule has 0 radical (unpaired) electrons. The Bertz CT molecular complexity index is 917. The highest BCUT2D eigenvalue weighted by molar-refractivity contribution is 9.10. The summed E-state index contributed by atoms with van der Waals surface area (Å²) in [5.41, 5.74) is 2.51. The Morgan fingerprint density at radius 1 is 1.08 bits per heavy atom. The SMILES string of the molecule is COc1c(C(=O)Nc2ccc(C(C)C)cc2)cc2ccccc2c1Br. The molecule has 4 heteroatoms. The van der Waals surface area contributed by atoms with E-state index in [0.29, 0.717) is 17.2 Å². The van der Waals surface area contributed by atoms with Crippen molar-refractivity contribution in [3.05, 3.63) is 70.2 Å². The molecule has 3 aromatic carbocycles. The number of methoxy groups -OCH3 is 1. The molecular formula is C21H20BrNO2. The van der Waals surface area contributed by atoms with E-state index in [1.54, 1.807) is 7.11 Å². The summed E-state index contributed by atoms with van der Waals surface area (Å²) in [5, 5.41) is 4.94. The molecule has 25 heavy (non-hydrogen) atoms. The summed E-state index contributed by atoms with van der Waals surface area (Å²) in [6, 6.07) is 17.7. The largest absolute Gasteiger partial charge is 0.495 e. The highest BCUT2D eigenvalue weighted by Crippen LogP contribution is 2.36. The molecular weight excluding hydrogens is 378 g/mol. The highest BCUT2D eigenvalue weighted by Gasteiger charge is 2.18. The van der Waals surface area contributed by atoms with Gasteiger partial charge in [-0.2, -0.15) is 0 Å². The van der Waals surface area contributed by atoms with Crippen LogP contribution in [0.25, 0.3) is 10.8 Å². The summed E-state index contributed by atoms with van der Waals surface area (Å²) >= 11 is 3.57. The summed E-state index contributed by atoms with van der Waals surface area (Å²) in [7, 11) is 1.57. The average Bonchev–Trinajstić information content (AvgIpc) is 2.62. The maximum absolute atomic E-state index is 12.8. The molecule has 0 aliphatic rings. The first-order chi connectivity index (χ1) is 12.0. The van der Waals surface area contributed by atoms with E-state index in [1.165, 1.54) is 5.56 Å². The molecule has 0 saturated heterocycles. The van der Waals surface area contributed by atoms with E-state index >= 15 is 0 Å². The van der Waals surface area contributed by atoms with Gasteiger partial charge in [-0.15, -0.1) is 0 Å². The van der Waals surface area contributed by atoms with Crippen molar-refractivity contribution in [3.63, 3.8) is 0 Å². The fraction of sp³-hybridized carbons (Fsp3) is 0.190. The minimum atomic E-state index is -0.194. The fourth-order valence-electron chi connectivity index (χ4n) is 2.80. The first-order valence-electron chi connectivity index (χ1n) is 8.17. The average molecular weight is 398 g/mol. The van der Waals surface area contributed by atoms with Gasteiger partial charge in [-0.1, -0.05) is 50.2 Å². The number of anilines is 1. The Hall–Kier alpha value is -2.33.